The predicted molar refractivity (Wildman–Crippen MR) is 148 cm³/mol. The van der Waals surface area contributed by atoms with Crippen molar-refractivity contribution in [1.82, 2.24) is 0 Å². The molecule has 0 aliphatic carbocycles. The fourth-order valence-electron chi connectivity index (χ4n) is 4.15. The second-order valence-electron chi connectivity index (χ2n) is 8.22. The number of nitriles is 1. The lowest BCUT2D eigenvalue weighted by atomic mass is 10.1. The van der Waals surface area contributed by atoms with Gasteiger partial charge in [-0.3, -0.25) is 14.5 Å². The summed E-state index contributed by atoms with van der Waals surface area (Å²) in [6, 6.07) is 32.3. The average molecular weight is 554 g/mol. The first kappa shape index (κ1) is 23.9. The minimum absolute atomic E-state index is 0.0940. The van der Waals surface area contributed by atoms with Gasteiger partial charge in [-0.25, -0.2) is 0 Å². The Morgan fingerprint density at radius 3 is 2.39 bits per heavy atom. The van der Waals surface area contributed by atoms with Gasteiger partial charge in [0.2, 0.25) is 5.91 Å². The number of anilines is 2. The molecule has 1 N–H and O–H groups in total. The monoisotopic (exact) mass is 553 g/mol. The van der Waals surface area contributed by atoms with E-state index < -0.39 is 11.2 Å². The maximum Gasteiger partial charge on any atom is 0.269 e. The number of halogens is 1. The number of hydrogen-bond acceptors (Lipinski definition) is 4. The first-order valence-electron chi connectivity index (χ1n) is 11.3. The summed E-state index contributed by atoms with van der Waals surface area (Å²) in [4.78, 5) is 28.5. The molecular formula is C29H20BrN3O2S. The lowest BCUT2D eigenvalue weighted by Gasteiger charge is -2.18. The molecule has 7 heteroatoms. The molecule has 1 fully saturated rings. The standard InChI is InChI=1S/C29H20BrN3O2S/c30-21-15-13-19(14-16-21)17-26-28(35)33(22-9-2-1-3-10-22)29(36-26)24(18-31)27(34)32-25-12-6-8-20-7-4-5-11-23(20)25/h1-16,26H,17H2,(H,32,34)/b29-24-/t26-/m1/s1. The molecule has 5 rings (SSSR count). The Morgan fingerprint density at radius 2 is 1.64 bits per heavy atom. The minimum Gasteiger partial charge on any atom is -0.321 e. The summed E-state index contributed by atoms with van der Waals surface area (Å²) < 4.78 is 0.958. The first-order valence-corrected chi connectivity index (χ1v) is 13.0. The van der Waals surface area contributed by atoms with Crippen LogP contribution >= 0.6 is 27.7 Å². The molecule has 2 amide bonds. The SMILES string of the molecule is N#C/C(C(=O)Nc1cccc2ccccc12)=C1/S[C@H](Cc2ccc(Br)cc2)C(=O)N1c1ccccc1. The Hall–Kier alpha value is -3.86. The zero-order chi connectivity index (χ0) is 25.1. The molecule has 0 aromatic heterocycles. The fourth-order valence-corrected chi connectivity index (χ4v) is 5.73. The van der Waals surface area contributed by atoms with Crippen molar-refractivity contribution in [3.8, 4) is 6.07 Å². The number of nitrogens with zero attached hydrogens (tertiary/aromatic N) is 2. The molecule has 0 spiro atoms. The number of para-hydroxylation sites is 1. The van der Waals surface area contributed by atoms with Crippen LogP contribution in [-0.2, 0) is 16.0 Å². The second-order valence-corrected chi connectivity index (χ2v) is 10.3. The van der Waals surface area contributed by atoms with Crippen LogP contribution in [-0.4, -0.2) is 17.1 Å². The van der Waals surface area contributed by atoms with Crippen LogP contribution in [0.5, 0.6) is 0 Å². The van der Waals surface area contributed by atoms with Gasteiger partial charge >= 0.3 is 0 Å². The smallest absolute Gasteiger partial charge is 0.269 e. The molecule has 0 radical (unpaired) electrons. The van der Waals surface area contributed by atoms with Gasteiger partial charge in [0.1, 0.15) is 16.7 Å². The summed E-state index contributed by atoms with van der Waals surface area (Å²) in [6.45, 7) is 0. The summed E-state index contributed by atoms with van der Waals surface area (Å²) in [6.07, 6.45) is 0.479. The number of thioether (sulfide) groups is 1. The van der Waals surface area contributed by atoms with Crippen molar-refractivity contribution < 1.29 is 9.59 Å². The van der Waals surface area contributed by atoms with E-state index in [0.717, 1.165) is 20.8 Å². The first-order chi connectivity index (χ1) is 17.5. The number of benzene rings is 4. The third-order valence-corrected chi connectivity index (χ3v) is 7.68. The molecule has 0 unspecified atom stereocenters. The largest absolute Gasteiger partial charge is 0.321 e. The van der Waals surface area contributed by atoms with Gasteiger partial charge in [0.15, 0.2) is 0 Å². The van der Waals surface area contributed by atoms with Gasteiger partial charge in [0.25, 0.3) is 5.91 Å². The molecule has 4 aromatic rings. The van der Waals surface area contributed by atoms with Crippen molar-refractivity contribution in [2.24, 2.45) is 0 Å². The number of rotatable bonds is 5. The summed E-state index contributed by atoms with van der Waals surface area (Å²) in [5, 5.41) is 14.7. The van der Waals surface area contributed by atoms with Crippen LogP contribution in [0.4, 0.5) is 11.4 Å². The molecule has 5 nitrogen and oxygen atoms in total. The summed E-state index contributed by atoms with van der Waals surface area (Å²) in [5.74, 6) is -0.704. The van der Waals surface area contributed by atoms with Gasteiger partial charge < -0.3 is 5.32 Å². The fraction of sp³-hybridized carbons (Fsp3) is 0.0690. The molecule has 1 aliphatic rings. The van der Waals surface area contributed by atoms with E-state index >= 15 is 0 Å². The van der Waals surface area contributed by atoms with Crippen LogP contribution in [0.1, 0.15) is 5.56 Å². The highest BCUT2D eigenvalue weighted by molar-refractivity contribution is 9.10. The van der Waals surface area contributed by atoms with Crippen molar-refractivity contribution >= 4 is 61.7 Å². The van der Waals surface area contributed by atoms with Gasteiger partial charge in [-0.05, 0) is 47.7 Å². The lowest BCUT2D eigenvalue weighted by Crippen LogP contribution is -2.30. The Labute approximate surface area is 221 Å². The van der Waals surface area contributed by atoms with E-state index in [1.165, 1.54) is 16.7 Å². The van der Waals surface area contributed by atoms with E-state index in [2.05, 4.69) is 27.3 Å². The highest BCUT2D eigenvalue weighted by Crippen LogP contribution is 2.42. The Morgan fingerprint density at radius 1 is 0.944 bits per heavy atom. The number of carbonyl (C=O) groups excluding carboxylic acids is 2. The van der Waals surface area contributed by atoms with Gasteiger partial charge in [-0.15, -0.1) is 0 Å². The van der Waals surface area contributed by atoms with Crippen molar-refractivity contribution in [3.05, 3.63) is 118 Å². The maximum atomic E-state index is 13.6. The summed E-state index contributed by atoms with van der Waals surface area (Å²) >= 11 is 4.69. The van der Waals surface area contributed by atoms with Crippen molar-refractivity contribution in [3.63, 3.8) is 0 Å². The molecule has 1 saturated heterocycles. The van der Waals surface area contributed by atoms with Crippen LogP contribution in [0.2, 0.25) is 0 Å². The Kier molecular flexibility index (Phi) is 6.90. The van der Waals surface area contributed by atoms with Crippen LogP contribution in [0.25, 0.3) is 10.8 Å². The molecule has 36 heavy (non-hydrogen) atoms. The van der Waals surface area contributed by atoms with Crippen molar-refractivity contribution in [2.45, 2.75) is 11.7 Å². The van der Waals surface area contributed by atoms with Crippen molar-refractivity contribution in [2.75, 3.05) is 10.2 Å². The Bertz CT molecular complexity index is 1520. The second kappa shape index (κ2) is 10.4. The molecule has 4 aromatic carbocycles. The van der Waals surface area contributed by atoms with Crippen LogP contribution < -0.4 is 10.2 Å². The van der Waals surface area contributed by atoms with Gasteiger partial charge in [0, 0.05) is 21.2 Å². The quantitative estimate of drug-likeness (QED) is 0.221. The zero-order valence-corrected chi connectivity index (χ0v) is 21.4. The highest BCUT2D eigenvalue weighted by atomic mass is 79.9. The molecule has 176 valence electrons. The predicted octanol–water partition coefficient (Wildman–Crippen LogP) is 6.67. The number of carbonyl (C=O) groups is 2. The molecule has 1 atom stereocenters. The molecule has 0 saturated carbocycles. The average Bonchev–Trinajstić information content (AvgIpc) is 3.21. The number of amides is 2. The van der Waals surface area contributed by atoms with Gasteiger partial charge in [0.05, 0.1) is 5.25 Å². The number of fused-ring (bicyclic) bond motifs is 1. The topological polar surface area (TPSA) is 73.2 Å². The Balaban J connectivity index is 1.52. The van der Waals surface area contributed by atoms with Crippen LogP contribution in [0.3, 0.4) is 0 Å². The van der Waals surface area contributed by atoms with Crippen LogP contribution in [0.15, 0.2) is 112 Å². The normalized spacial score (nSPS) is 16.6. The summed E-state index contributed by atoms with van der Waals surface area (Å²) in [5.41, 5.74) is 2.13. The minimum atomic E-state index is -0.547. The van der Waals surface area contributed by atoms with Crippen LogP contribution in [0, 0.1) is 11.3 Å². The van der Waals surface area contributed by atoms with E-state index in [1.54, 1.807) is 18.2 Å². The third-order valence-electron chi connectivity index (χ3n) is 5.89. The van der Waals surface area contributed by atoms with E-state index in [0.29, 0.717) is 22.8 Å². The van der Waals surface area contributed by atoms with Crippen molar-refractivity contribution in [1.29, 1.82) is 5.26 Å². The molecule has 1 heterocycles. The number of hydrogen-bond donors (Lipinski definition) is 1. The molecule has 1 aliphatic heterocycles. The molecule has 0 bridgehead atoms. The van der Waals surface area contributed by atoms with E-state index in [4.69, 9.17) is 0 Å². The maximum absolute atomic E-state index is 13.6. The van der Waals surface area contributed by atoms with E-state index in [9.17, 15) is 14.9 Å². The highest BCUT2D eigenvalue weighted by Gasteiger charge is 2.40. The zero-order valence-electron chi connectivity index (χ0n) is 19.0. The lowest BCUT2D eigenvalue weighted by molar-refractivity contribution is -0.117. The summed E-state index contributed by atoms with van der Waals surface area (Å²) in [7, 11) is 0. The van der Waals surface area contributed by atoms with Gasteiger partial charge in [-0.2, -0.15) is 5.26 Å². The molecular weight excluding hydrogens is 534 g/mol. The van der Waals surface area contributed by atoms with E-state index in [1.807, 2.05) is 78.9 Å². The van der Waals surface area contributed by atoms with E-state index in [-0.39, 0.29) is 11.5 Å². The van der Waals surface area contributed by atoms with Gasteiger partial charge in [-0.1, -0.05) is 94.4 Å². The third kappa shape index (κ3) is 4.78. The number of nitrogens with one attached hydrogen (secondary N) is 1.